The van der Waals surface area contributed by atoms with Crippen molar-refractivity contribution in [3.63, 3.8) is 0 Å². The number of rotatable bonds is 4. The number of nitrogens with zero attached hydrogens (tertiary/aromatic N) is 3. The van der Waals surface area contributed by atoms with Gasteiger partial charge in [-0.25, -0.2) is 4.98 Å². The Kier molecular flexibility index (Phi) is 3.31. The smallest absolute Gasteiger partial charge is 0.137 e. The first-order chi connectivity index (χ1) is 10.1. The second-order valence-electron chi connectivity index (χ2n) is 5.01. The van der Waals surface area contributed by atoms with Crippen LogP contribution in [0.15, 0.2) is 54.9 Å². The van der Waals surface area contributed by atoms with Gasteiger partial charge in [0.25, 0.3) is 0 Å². The van der Waals surface area contributed by atoms with Crippen molar-refractivity contribution in [3.05, 3.63) is 66.1 Å². The Morgan fingerprint density at radius 1 is 1.24 bits per heavy atom. The monoisotopic (exact) mass is 279 g/mol. The number of amidine groups is 1. The maximum absolute atomic E-state index is 7.41. The molecule has 0 amide bonds. The molecule has 3 aromatic rings. The summed E-state index contributed by atoms with van der Waals surface area (Å²) in [4.78, 5) is 6.71. The zero-order valence-electron chi connectivity index (χ0n) is 11.8. The molecule has 0 fully saturated rings. The van der Waals surface area contributed by atoms with Gasteiger partial charge in [-0.2, -0.15) is 0 Å². The number of nitrogens with two attached hydrogens (primary N) is 1. The molecule has 0 aliphatic rings. The lowest BCUT2D eigenvalue weighted by Crippen LogP contribution is -2.17. The summed E-state index contributed by atoms with van der Waals surface area (Å²) in [5.74, 6) is 0.0875. The summed E-state index contributed by atoms with van der Waals surface area (Å²) in [6, 6.07) is 13.6. The number of imidazole rings is 1. The first-order valence-corrected chi connectivity index (χ1v) is 6.72. The lowest BCUT2D eigenvalue weighted by atomic mass is 10.2. The van der Waals surface area contributed by atoms with Crippen LogP contribution in [0, 0.1) is 5.41 Å². The second-order valence-corrected chi connectivity index (χ2v) is 5.01. The molecule has 0 unspecified atom stereocenters. The second kappa shape index (κ2) is 5.28. The largest absolute Gasteiger partial charge is 0.384 e. The molecule has 3 N–H and O–H groups in total. The van der Waals surface area contributed by atoms with E-state index in [1.54, 1.807) is 0 Å². The molecular weight excluding hydrogens is 262 g/mol. The predicted molar refractivity (Wildman–Crippen MR) is 84.8 cm³/mol. The Morgan fingerprint density at radius 2 is 2.00 bits per heavy atom. The minimum Gasteiger partial charge on any atom is -0.384 e. The quantitative estimate of drug-likeness (QED) is 0.568. The number of pyridine rings is 1. The van der Waals surface area contributed by atoms with Crippen LogP contribution < -0.4 is 10.6 Å². The summed E-state index contributed by atoms with van der Waals surface area (Å²) < 4.78 is 2.02. The molecule has 0 radical (unpaired) electrons. The minimum atomic E-state index is 0.0875. The highest BCUT2D eigenvalue weighted by molar-refractivity contribution is 5.95. The van der Waals surface area contributed by atoms with Gasteiger partial charge in [-0.1, -0.05) is 6.07 Å². The first kappa shape index (κ1) is 13.2. The van der Waals surface area contributed by atoms with Crippen LogP contribution in [0.1, 0.15) is 11.3 Å². The minimum absolute atomic E-state index is 0.0875. The molecule has 0 aliphatic carbocycles. The summed E-state index contributed by atoms with van der Waals surface area (Å²) in [5, 5.41) is 7.41. The molecule has 21 heavy (non-hydrogen) atoms. The third-order valence-electron chi connectivity index (χ3n) is 3.43. The molecule has 0 atom stereocenters. The summed E-state index contributed by atoms with van der Waals surface area (Å²) in [7, 11) is 2.02. The maximum atomic E-state index is 7.41. The van der Waals surface area contributed by atoms with E-state index in [2.05, 4.69) is 9.88 Å². The van der Waals surface area contributed by atoms with Gasteiger partial charge in [-0.3, -0.25) is 5.41 Å². The Hall–Kier alpha value is -2.82. The van der Waals surface area contributed by atoms with Gasteiger partial charge in [0.1, 0.15) is 11.5 Å². The highest BCUT2D eigenvalue weighted by Crippen LogP contribution is 2.16. The van der Waals surface area contributed by atoms with Crippen LogP contribution in [0.2, 0.25) is 0 Å². The van der Waals surface area contributed by atoms with E-state index < -0.39 is 0 Å². The molecule has 2 aromatic heterocycles. The van der Waals surface area contributed by atoms with E-state index in [0.717, 1.165) is 29.1 Å². The molecule has 3 rings (SSSR count). The van der Waals surface area contributed by atoms with Gasteiger partial charge in [-0.15, -0.1) is 0 Å². The molecule has 2 heterocycles. The molecule has 0 saturated carbocycles. The van der Waals surface area contributed by atoms with Crippen molar-refractivity contribution in [1.82, 2.24) is 9.38 Å². The van der Waals surface area contributed by atoms with Crippen LogP contribution in [-0.2, 0) is 6.54 Å². The van der Waals surface area contributed by atoms with Gasteiger partial charge in [0.05, 0.1) is 12.2 Å². The van der Waals surface area contributed by atoms with E-state index in [9.17, 15) is 0 Å². The third kappa shape index (κ3) is 2.72. The van der Waals surface area contributed by atoms with E-state index in [4.69, 9.17) is 11.1 Å². The number of aromatic nitrogens is 2. The van der Waals surface area contributed by atoms with Crippen molar-refractivity contribution in [3.8, 4) is 0 Å². The molecule has 0 saturated heterocycles. The third-order valence-corrected chi connectivity index (χ3v) is 3.43. The summed E-state index contributed by atoms with van der Waals surface area (Å²) in [6.07, 6.45) is 4.03. The SMILES string of the molecule is CN(Cc1cn2ccccc2n1)c1ccc(C(=N)N)cc1. The van der Waals surface area contributed by atoms with Gasteiger partial charge in [0.2, 0.25) is 0 Å². The van der Waals surface area contributed by atoms with Gasteiger partial charge in [-0.05, 0) is 36.4 Å². The number of benzene rings is 1. The zero-order valence-corrected chi connectivity index (χ0v) is 11.8. The van der Waals surface area contributed by atoms with Crippen LogP contribution in [-0.4, -0.2) is 22.3 Å². The normalized spacial score (nSPS) is 10.7. The van der Waals surface area contributed by atoms with Gasteiger partial charge in [0, 0.05) is 30.7 Å². The lowest BCUT2D eigenvalue weighted by Gasteiger charge is -2.18. The van der Waals surface area contributed by atoms with E-state index in [1.807, 2.05) is 66.3 Å². The summed E-state index contributed by atoms with van der Waals surface area (Å²) in [6.45, 7) is 0.723. The Balaban J connectivity index is 1.78. The number of fused-ring (bicyclic) bond motifs is 1. The number of hydrogen-bond donors (Lipinski definition) is 2. The van der Waals surface area contributed by atoms with E-state index in [0.29, 0.717) is 0 Å². The predicted octanol–water partition coefficient (Wildman–Crippen LogP) is 2.25. The van der Waals surface area contributed by atoms with Gasteiger partial charge >= 0.3 is 0 Å². The molecule has 1 aromatic carbocycles. The van der Waals surface area contributed by atoms with Crippen molar-refractivity contribution in [1.29, 1.82) is 5.41 Å². The van der Waals surface area contributed by atoms with Crippen molar-refractivity contribution < 1.29 is 0 Å². The summed E-state index contributed by atoms with van der Waals surface area (Å²) >= 11 is 0. The topological polar surface area (TPSA) is 70.4 Å². The number of anilines is 1. The van der Waals surface area contributed by atoms with Crippen molar-refractivity contribution in [2.75, 3.05) is 11.9 Å². The fraction of sp³-hybridized carbons (Fsp3) is 0.125. The number of nitrogens with one attached hydrogen (secondary N) is 1. The van der Waals surface area contributed by atoms with Crippen molar-refractivity contribution in [2.45, 2.75) is 6.54 Å². The van der Waals surface area contributed by atoms with Crippen molar-refractivity contribution in [2.24, 2.45) is 5.73 Å². The fourth-order valence-electron chi connectivity index (χ4n) is 2.29. The Bertz CT molecular complexity index is 740. The standard InChI is InChI=1S/C16H17N5/c1-20(14-7-5-12(6-8-14)16(17)18)10-13-11-21-9-3-2-4-15(21)19-13/h2-9,11H,10H2,1H3,(H3,17,18). The van der Waals surface area contributed by atoms with Crippen molar-refractivity contribution >= 4 is 17.2 Å². The molecular formula is C16H17N5. The highest BCUT2D eigenvalue weighted by Gasteiger charge is 2.06. The zero-order chi connectivity index (χ0) is 14.8. The molecule has 5 heteroatoms. The van der Waals surface area contributed by atoms with E-state index in [-0.39, 0.29) is 5.84 Å². The van der Waals surface area contributed by atoms with E-state index in [1.165, 1.54) is 0 Å². The van der Waals surface area contributed by atoms with Crippen LogP contribution >= 0.6 is 0 Å². The van der Waals surface area contributed by atoms with Gasteiger partial charge in [0.15, 0.2) is 0 Å². The number of nitrogen functional groups attached to an aromatic ring is 1. The van der Waals surface area contributed by atoms with Gasteiger partial charge < -0.3 is 15.0 Å². The molecule has 5 nitrogen and oxygen atoms in total. The first-order valence-electron chi connectivity index (χ1n) is 6.72. The molecule has 0 spiro atoms. The fourth-order valence-corrected chi connectivity index (χ4v) is 2.29. The van der Waals surface area contributed by atoms with Crippen LogP contribution in [0.3, 0.4) is 0 Å². The maximum Gasteiger partial charge on any atom is 0.137 e. The number of hydrogen-bond acceptors (Lipinski definition) is 3. The average molecular weight is 279 g/mol. The summed E-state index contributed by atoms with van der Waals surface area (Å²) in [5.41, 5.74) is 9.23. The van der Waals surface area contributed by atoms with E-state index >= 15 is 0 Å². The average Bonchev–Trinajstić information content (AvgIpc) is 2.89. The molecule has 0 bridgehead atoms. The lowest BCUT2D eigenvalue weighted by molar-refractivity contribution is 0.896. The molecule has 0 aliphatic heterocycles. The Labute approximate surface area is 123 Å². The Morgan fingerprint density at radius 3 is 2.67 bits per heavy atom. The van der Waals surface area contributed by atoms with Crippen LogP contribution in [0.25, 0.3) is 5.65 Å². The highest BCUT2D eigenvalue weighted by atomic mass is 15.1. The molecule has 106 valence electrons. The van der Waals surface area contributed by atoms with Crippen LogP contribution in [0.5, 0.6) is 0 Å². The van der Waals surface area contributed by atoms with Crippen LogP contribution in [0.4, 0.5) is 5.69 Å².